The summed E-state index contributed by atoms with van der Waals surface area (Å²) in [7, 11) is 0. The second-order valence-corrected chi connectivity index (χ2v) is 6.77. The Bertz CT molecular complexity index is 583. The lowest BCUT2D eigenvalue weighted by atomic mass is 10.1. The van der Waals surface area contributed by atoms with Gasteiger partial charge in [-0.25, -0.2) is 0 Å². The quantitative estimate of drug-likeness (QED) is 0.197. The Kier molecular flexibility index (Phi) is 12.6. The predicted octanol–water partition coefficient (Wildman–Crippen LogP) is 2.15. The smallest absolute Gasteiger partial charge is 0.234 e. The molecule has 1 saturated heterocycles. The fourth-order valence-electron chi connectivity index (χ4n) is 3.01. The molecule has 1 aromatic rings. The average Bonchev–Trinajstić information content (AvgIpc) is 3.19. The van der Waals surface area contributed by atoms with Crippen molar-refractivity contribution in [3.63, 3.8) is 0 Å². The van der Waals surface area contributed by atoms with E-state index in [-0.39, 0.29) is 29.9 Å². The molecule has 0 unspecified atom stereocenters. The van der Waals surface area contributed by atoms with Gasteiger partial charge in [0.25, 0.3) is 0 Å². The van der Waals surface area contributed by atoms with Gasteiger partial charge in [-0.3, -0.25) is 14.7 Å². The minimum Gasteiger partial charge on any atom is -0.469 e. The first-order valence-electron chi connectivity index (χ1n) is 9.88. The van der Waals surface area contributed by atoms with Crippen molar-refractivity contribution in [1.29, 1.82) is 0 Å². The van der Waals surface area contributed by atoms with Crippen LogP contribution in [0.2, 0.25) is 0 Å². The van der Waals surface area contributed by atoms with Crippen LogP contribution in [0.1, 0.15) is 31.9 Å². The number of amides is 1. The van der Waals surface area contributed by atoms with Gasteiger partial charge >= 0.3 is 0 Å². The molecule has 0 aliphatic carbocycles. The van der Waals surface area contributed by atoms with Gasteiger partial charge in [-0.1, -0.05) is 13.0 Å². The zero-order valence-electron chi connectivity index (χ0n) is 16.8. The summed E-state index contributed by atoms with van der Waals surface area (Å²) in [5, 5.41) is 9.73. The monoisotopic (exact) mass is 503 g/mol. The van der Waals surface area contributed by atoms with Crippen LogP contribution in [0.4, 0.5) is 0 Å². The number of carbonyl (C=O) groups excluding carboxylic acids is 1. The van der Waals surface area contributed by atoms with Crippen LogP contribution in [-0.2, 0) is 11.2 Å². The summed E-state index contributed by atoms with van der Waals surface area (Å²) in [5.74, 6) is 1.87. The Morgan fingerprint density at radius 1 is 1.39 bits per heavy atom. The highest BCUT2D eigenvalue weighted by atomic mass is 127. The molecule has 0 atom stereocenters. The lowest BCUT2D eigenvalue weighted by Gasteiger charge is -2.32. The third-order valence-electron chi connectivity index (χ3n) is 4.49. The summed E-state index contributed by atoms with van der Waals surface area (Å²) in [6.07, 6.45) is 7.24. The molecule has 0 bridgehead atoms. The Morgan fingerprint density at radius 2 is 2.18 bits per heavy atom. The van der Waals surface area contributed by atoms with Crippen LogP contribution in [0.15, 0.2) is 40.5 Å². The number of hydrogen-bond acceptors (Lipinski definition) is 4. The lowest BCUT2D eigenvalue weighted by molar-refractivity contribution is -0.122. The van der Waals surface area contributed by atoms with E-state index in [9.17, 15) is 4.79 Å². The molecule has 1 fully saturated rings. The molecule has 0 spiro atoms. The number of guanidine groups is 1. The standard InChI is InChI=1S/C20H33N5O2.HI/c1-3-10-21-19(26)16-25-13-8-17(9-14-25)24-20(22-11-4-2)23-12-7-18-6-5-15-27-18;/h4-6,15,17H,2-3,7-14,16H2,1H3,(H,21,26)(H2,22,23,24);1H. The molecule has 0 radical (unpaired) electrons. The molecular weight excluding hydrogens is 469 g/mol. The Morgan fingerprint density at radius 3 is 2.82 bits per heavy atom. The van der Waals surface area contributed by atoms with Crippen LogP contribution in [0.25, 0.3) is 0 Å². The van der Waals surface area contributed by atoms with Crippen LogP contribution in [0.3, 0.4) is 0 Å². The van der Waals surface area contributed by atoms with Gasteiger partial charge in [0, 0.05) is 45.2 Å². The minimum atomic E-state index is 0. The number of aliphatic imine (C=N–C) groups is 1. The van der Waals surface area contributed by atoms with Crippen LogP contribution in [-0.4, -0.2) is 62.1 Å². The highest BCUT2D eigenvalue weighted by Gasteiger charge is 2.21. The maximum Gasteiger partial charge on any atom is 0.234 e. The zero-order valence-corrected chi connectivity index (χ0v) is 19.1. The summed E-state index contributed by atoms with van der Waals surface area (Å²) < 4.78 is 5.35. The number of nitrogens with one attached hydrogen (secondary N) is 3. The third kappa shape index (κ3) is 9.59. The molecule has 158 valence electrons. The van der Waals surface area contributed by atoms with Gasteiger partial charge in [0.05, 0.1) is 12.8 Å². The fraction of sp³-hybridized carbons (Fsp3) is 0.600. The number of furan rings is 1. The van der Waals surface area contributed by atoms with Crippen molar-refractivity contribution in [2.75, 3.05) is 39.3 Å². The maximum atomic E-state index is 11.8. The number of halogens is 1. The summed E-state index contributed by atoms with van der Waals surface area (Å²) in [6, 6.07) is 4.22. The van der Waals surface area contributed by atoms with Crippen LogP contribution in [0.5, 0.6) is 0 Å². The van der Waals surface area contributed by atoms with E-state index >= 15 is 0 Å². The normalized spacial score (nSPS) is 15.5. The molecule has 8 heteroatoms. The molecule has 3 N–H and O–H groups in total. The molecular formula is C20H34IN5O2. The van der Waals surface area contributed by atoms with Crippen molar-refractivity contribution in [3.05, 3.63) is 36.8 Å². The minimum absolute atomic E-state index is 0. The van der Waals surface area contributed by atoms with Crippen molar-refractivity contribution < 1.29 is 9.21 Å². The van der Waals surface area contributed by atoms with E-state index < -0.39 is 0 Å². The molecule has 0 aromatic carbocycles. The van der Waals surface area contributed by atoms with Gasteiger partial charge in [0.2, 0.25) is 5.91 Å². The van der Waals surface area contributed by atoms with Gasteiger partial charge in [0.1, 0.15) is 5.76 Å². The van der Waals surface area contributed by atoms with Gasteiger partial charge in [-0.05, 0) is 31.4 Å². The average molecular weight is 503 g/mol. The van der Waals surface area contributed by atoms with Gasteiger partial charge < -0.3 is 20.4 Å². The largest absolute Gasteiger partial charge is 0.469 e. The number of nitrogens with zero attached hydrogens (tertiary/aromatic N) is 2. The van der Waals surface area contributed by atoms with Crippen molar-refractivity contribution >= 4 is 35.8 Å². The van der Waals surface area contributed by atoms with E-state index in [0.717, 1.165) is 57.0 Å². The Hall–Kier alpha value is -1.55. The summed E-state index contributed by atoms with van der Waals surface area (Å²) in [6.45, 7) is 10.2. The van der Waals surface area contributed by atoms with Crippen molar-refractivity contribution in [2.24, 2.45) is 4.99 Å². The zero-order chi connectivity index (χ0) is 19.3. The fourth-order valence-corrected chi connectivity index (χ4v) is 3.01. The van der Waals surface area contributed by atoms with Crippen LogP contribution in [0, 0.1) is 0 Å². The van der Waals surface area contributed by atoms with E-state index in [0.29, 0.717) is 25.7 Å². The Balaban J connectivity index is 0.00000392. The first-order valence-corrected chi connectivity index (χ1v) is 9.88. The van der Waals surface area contributed by atoms with Crippen LogP contribution < -0.4 is 16.0 Å². The van der Waals surface area contributed by atoms with Gasteiger partial charge in [0.15, 0.2) is 5.96 Å². The van der Waals surface area contributed by atoms with E-state index in [1.54, 1.807) is 6.26 Å². The van der Waals surface area contributed by atoms with E-state index in [2.05, 4.69) is 39.3 Å². The number of hydrogen-bond donors (Lipinski definition) is 3. The lowest BCUT2D eigenvalue weighted by Crippen LogP contribution is -2.50. The molecule has 7 nitrogen and oxygen atoms in total. The van der Waals surface area contributed by atoms with E-state index in [1.807, 2.05) is 18.2 Å². The van der Waals surface area contributed by atoms with Crippen LogP contribution >= 0.6 is 24.0 Å². The molecule has 2 heterocycles. The van der Waals surface area contributed by atoms with Crippen molar-refractivity contribution in [3.8, 4) is 0 Å². The third-order valence-corrected chi connectivity index (χ3v) is 4.49. The SMILES string of the molecule is C=CCNC(=NCCc1ccco1)NC1CCN(CC(=O)NCCC)CC1.I. The van der Waals surface area contributed by atoms with Gasteiger partial charge in [-0.15, -0.1) is 30.6 Å². The summed E-state index contributed by atoms with van der Waals surface area (Å²) >= 11 is 0. The number of carbonyl (C=O) groups is 1. The summed E-state index contributed by atoms with van der Waals surface area (Å²) in [5.41, 5.74) is 0. The number of likely N-dealkylation sites (tertiary alicyclic amines) is 1. The molecule has 1 aromatic heterocycles. The molecule has 2 rings (SSSR count). The number of piperidine rings is 1. The number of rotatable bonds is 10. The predicted molar refractivity (Wildman–Crippen MR) is 124 cm³/mol. The molecule has 0 saturated carbocycles. The van der Waals surface area contributed by atoms with E-state index in [1.165, 1.54) is 0 Å². The first-order chi connectivity index (χ1) is 13.2. The molecule has 1 aliphatic heterocycles. The molecule has 1 aliphatic rings. The van der Waals surface area contributed by atoms with Crippen molar-refractivity contribution in [2.45, 2.75) is 38.6 Å². The second kappa shape index (κ2) is 14.4. The van der Waals surface area contributed by atoms with E-state index in [4.69, 9.17) is 4.42 Å². The maximum absolute atomic E-state index is 11.8. The first kappa shape index (κ1) is 24.5. The highest BCUT2D eigenvalue weighted by molar-refractivity contribution is 14.0. The highest BCUT2D eigenvalue weighted by Crippen LogP contribution is 2.10. The topological polar surface area (TPSA) is 81.9 Å². The molecule has 28 heavy (non-hydrogen) atoms. The molecule has 1 amide bonds. The van der Waals surface area contributed by atoms with Gasteiger partial charge in [-0.2, -0.15) is 0 Å². The second-order valence-electron chi connectivity index (χ2n) is 6.77. The summed E-state index contributed by atoms with van der Waals surface area (Å²) in [4.78, 5) is 18.7. The van der Waals surface area contributed by atoms with Crippen molar-refractivity contribution in [1.82, 2.24) is 20.9 Å². The Labute approximate surface area is 185 Å².